The first-order chi connectivity index (χ1) is 19.4. The van der Waals surface area contributed by atoms with Gasteiger partial charge in [-0.25, -0.2) is 18.7 Å². The molecule has 4 rings (SSSR count). The number of nitrogens with zero attached hydrogens (tertiary/aromatic N) is 3. The van der Waals surface area contributed by atoms with Gasteiger partial charge >= 0.3 is 11.7 Å². The van der Waals surface area contributed by atoms with Crippen LogP contribution in [0.2, 0.25) is 0 Å². The van der Waals surface area contributed by atoms with Crippen LogP contribution >= 0.6 is 0 Å². The predicted octanol–water partition coefficient (Wildman–Crippen LogP) is 2.99. The van der Waals surface area contributed by atoms with Crippen molar-refractivity contribution in [2.45, 2.75) is 31.8 Å². The number of anilines is 1. The number of nitrogens with one attached hydrogen (secondary N) is 2. The molecule has 0 unspecified atom stereocenters. The van der Waals surface area contributed by atoms with Crippen LogP contribution in [0, 0.1) is 5.82 Å². The lowest BCUT2D eigenvalue weighted by Crippen LogP contribution is -2.41. The van der Waals surface area contributed by atoms with Gasteiger partial charge < -0.3 is 19.0 Å². The summed E-state index contributed by atoms with van der Waals surface area (Å²) in [4.78, 5) is 31.2. The number of carbonyl (C=O) groups is 1. The number of likely N-dealkylation sites (tertiary alicyclic amines) is 1. The van der Waals surface area contributed by atoms with Gasteiger partial charge in [0.05, 0.1) is 5.69 Å². The number of rotatable bonds is 9. The van der Waals surface area contributed by atoms with E-state index in [-0.39, 0.29) is 34.6 Å². The van der Waals surface area contributed by atoms with Gasteiger partial charge in [-0.3, -0.25) is 9.62 Å². The highest BCUT2D eigenvalue weighted by molar-refractivity contribution is 7.90. The van der Waals surface area contributed by atoms with Crippen molar-refractivity contribution in [3.8, 4) is 5.75 Å². The van der Waals surface area contributed by atoms with Gasteiger partial charge in [-0.2, -0.15) is 8.42 Å². The lowest BCUT2D eigenvalue weighted by molar-refractivity contribution is 0.140. The van der Waals surface area contributed by atoms with Gasteiger partial charge in [0.1, 0.15) is 11.3 Å². The molecule has 1 aromatic heterocycles. The summed E-state index contributed by atoms with van der Waals surface area (Å²) in [6.45, 7) is 2.07. The Labute approximate surface area is 239 Å². The average Bonchev–Trinajstić information content (AvgIpc) is 2.92. The molecule has 1 saturated heterocycles. The van der Waals surface area contributed by atoms with Crippen molar-refractivity contribution in [2.24, 2.45) is 0 Å². The van der Waals surface area contributed by atoms with E-state index in [9.17, 15) is 18.0 Å². The summed E-state index contributed by atoms with van der Waals surface area (Å²) in [6.07, 6.45) is 1.25. The quantitative estimate of drug-likeness (QED) is 0.365. The van der Waals surface area contributed by atoms with Crippen molar-refractivity contribution in [2.75, 3.05) is 53.0 Å². The zero-order valence-electron chi connectivity index (χ0n) is 23.9. The van der Waals surface area contributed by atoms with Gasteiger partial charge in [-0.15, -0.1) is 0 Å². The molecule has 2 heterocycles. The number of piperidine rings is 1. The van der Waals surface area contributed by atoms with E-state index < -0.39 is 27.7 Å². The van der Waals surface area contributed by atoms with Crippen molar-refractivity contribution in [1.82, 2.24) is 19.4 Å². The first-order valence-corrected chi connectivity index (χ1v) is 14.7. The van der Waals surface area contributed by atoms with Crippen molar-refractivity contribution < 1.29 is 26.8 Å². The van der Waals surface area contributed by atoms with Crippen LogP contribution in [0.5, 0.6) is 5.75 Å². The third-order valence-corrected chi connectivity index (χ3v) is 8.32. The smallest absolute Gasteiger partial charge is 0.414 e. The molecule has 222 valence electrons. The molecular weight excluding hydrogens is 553 g/mol. The molecular formula is C28H36FN5O6S. The number of halogens is 1. The SMILES string of the molecule is CNS(=O)(=O)Nc1cccc(Cc2c(CN3CCC(N(C)C)CC3)c3ccc(OC(=O)N(C)C)cc3oc2=O)c1F. The summed E-state index contributed by atoms with van der Waals surface area (Å²) < 4.78 is 54.7. The van der Waals surface area contributed by atoms with Gasteiger partial charge in [0.2, 0.25) is 0 Å². The monoisotopic (exact) mass is 589 g/mol. The zero-order chi connectivity index (χ0) is 29.9. The van der Waals surface area contributed by atoms with Crippen LogP contribution in [-0.2, 0) is 23.2 Å². The Morgan fingerprint density at radius 1 is 1.12 bits per heavy atom. The lowest BCUT2D eigenvalue weighted by Gasteiger charge is -2.35. The number of benzene rings is 2. The molecule has 0 radical (unpaired) electrons. The molecule has 0 bridgehead atoms. The van der Waals surface area contributed by atoms with E-state index in [0.717, 1.165) is 25.9 Å². The molecule has 0 saturated carbocycles. The molecule has 1 fully saturated rings. The maximum Gasteiger partial charge on any atom is 0.414 e. The molecule has 2 aromatic carbocycles. The number of amides is 1. The minimum atomic E-state index is -3.95. The van der Waals surface area contributed by atoms with E-state index in [2.05, 4.69) is 33.3 Å². The Balaban J connectivity index is 1.76. The van der Waals surface area contributed by atoms with Gasteiger partial charge in [-0.1, -0.05) is 12.1 Å². The second-order valence-electron chi connectivity index (χ2n) is 10.5. The Hall–Kier alpha value is -3.52. The summed E-state index contributed by atoms with van der Waals surface area (Å²) >= 11 is 0. The van der Waals surface area contributed by atoms with Crippen LogP contribution in [0.4, 0.5) is 14.9 Å². The first-order valence-electron chi connectivity index (χ1n) is 13.2. The van der Waals surface area contributed by atoms with E-state index in [4.69, 9.17) is 9.15 Å². The van der Waals surface area contributed by atoms with Crippen molar-refractivity contribution in [1.29, 1.82) is 0 Å². The third-order valence-electron chi connectivity index (χ3n) is 7.29. The summed E-state index contributed by atoms with van der Waals surface area (Å²) in [7, 11) is 4.52. The number of fused-ring (bicyclic) bond motifs is 1. The predicted molar refractivity (Wildman–Crippen MR) is 155 cm³/mol. The summed E-state index contributed by atoms with van der Waals surface area (Å²) in [5.41, 5.74) is 0.464. The van der Waals surface area contributed by atoms with E-state index in [1.54, 1.807) is 26.2 Å². The van der Waals surface area contributed by atoms with Crippen LogP contribution in [0.1, 0.15) is 29.5 Å². The standard InChI is InChI=1S/C28H36FN5O6S/c1-30-41(37,38)31-24-8-6-7-18(26(24)29)15-22-23(17-34-13-11-19(12-14-34)32(2)3)21-10-9-20(39-28(36)33(4)5)16-25(21)40-27(22)35/h6-10,16,19,30-31H,11-15,17H2,1-5H3. The van der Waals surface area contributed by atoms with Crippen LogP contribution in [0.15, 0.2) is 45.6 Å². The molecule has 1 aliphatic rings. The highest BCUT2D eigenvalue weighted by Gasteiger charge is 2.25. The fourth-order valence-electron chi connectivity index (χ4n) is 4.90. The van der Waals surface area contributed by atoms with E-state index in [0.29, 0.717) is 23.5 Å². The van der Waals surface area contributed by atoms with E-state index in [1.165, 1.54) is 36.2 Å². The van der Waals surface area contributed by atoms with E-state index in [1.807, 2.05) is 0 Å². The Bertz CT molecular complexity index is 1580. The summed E-state index contributed by atoms with van der Waals surface area (Å²) in [6, 6.07) is 9.66. The van der Waals surface area contributed by atoms with Crippen molar-refractivity contribution >= 4 is 33.0 Å². The normalized spacial score (nSPS) is 14.9. The largest absolute Gasteiger partial charge is 0.422 e. The lowest BCUT2D eigenvalue weighted by atomic mass is 9.96. The molecule has 11 nitrogen and oxygen atoms in total. The second kappa shape index (κ2) is 12.6. The number of hydrogen-bond acceptors (Lipinski definition) is 8. The van der Waals surface area contributed by atoms with Crippen LogP contribution in [0.3, 0.4) is 0 Å². The highest BCUT2D eigenvalue weighted by atomic mass is 32.2. The number of carbonyl (C=O) groups excluding carboxylic acids is 1. The zero-order valence-corrected chi connectivity index (χ0v) is 24.7. The Kier molecular flexibility index (Phi) is 9.32. The molecule has 2 N–H and O–H groups in total. The number of ether oxygens (including phenoxy) is 1. The van der Waals surface area contributed by atoms with Gasteiger partial charge in [0, 0.05) is 57.2 Å². The second-order valence-corrected chi connectivity index (χ2v) is 12.1. The highest BCUT2D eigenvalue weighted by Crippen LogP contribution is 2.30. The molecule has 13 heteroatoms. The third kappa shape index (κ3) is 7.22. The van der Waals surface area contributed by atoms with Crippen LogP contribution in [-0.4, -0.2) is 83.6 Å². The molecule has 0 aliphatic carbocycles. The molecule has 41 heavy (non-hydrogen) atoms. The van der Waals surface area contributed by atoms with Crippen molar-refractivity contribution in [3.05, 3.63) is 69.3 Å². The Morgan fingerprint density at radius 3 is 2.46 bits per heavy atom. The van der Waals surface area contributed by atoms with Gasteiger partial charge in [0.25, 0.3) is 10.2 Å². The molecule has 1 amide bonds. The van der Waals surface area contributed by atoms with Gasteiger partial charge in [-0.05, 0) is 69.4 Å². The molecule has 0 spiro atoms. The first kappa shape index (κ1) is 30.4. The fraction of sp³-hybridized carbons (Fsp3) is 0.429. The topological polar surface area (TPSA) is 124 Å². The minimum Gasteiger partial charge on any atom is -0.422 e. The van der Waals surface area contributed by atoms with Crippen molar-refractivity contribution in [3.63, 3.8) is 0 Å². The van der Waals surface area contributed by atoms with Crippen LogP contribution < -0.4 is 19.8 Å². The molecule has 1 aliphatic heterocycles. The Morgan fingerprint density at radius 2 is 1.83 bits per heavy atom. The maximum absolute atomic E-state index is 15.5. The molecule has 0 atom stereocenters. The van der Waals surface area contributed by atoms with Crippen LogP contribution in [0.25, 0.3) is 11.0 Å². The summed E-state index contributed by atoms with van der Waals surface area (Å²) in [5, 5.41) is 0.645. The minimum absolute atomic E-state index is 0.111. The maximum atomic E-state index is 15.5. The average molecular weight is 590 g/mol. The van der Waals surface area contributed by atoms with E-state index >= 15 is 4.39 Å². The molecule has 3 aromatic rings. The number of hydrogen-bond donors (Lipinski definition) is 2. The van der Waals surface area contributed by atoms with Gasteiger partial charge in [0.15, 0.2) is 5.82 Å². The fourth-order valence-corrected chi connectivity index (χ4v) is 5.45. The summed E-state index contributed by atoms with van der Waals surface area (Å²) in [5.74, 6) is -0.560.